The van der Waals surface area contributed by atoms with Crippen molar-refractivity contribution in [3.05, 3.63) is 0 Å². The largest absolute Gasteiger partial charge is 0.377 e. The highest BCUT2D eigenvalue weighted by Crippen LogP contribution is 1.83. The molecule has 0 unspecified atom stereocenters. The number of amides is 4. The second-order valence-electron chi connectivity index (χ2n) is 6.85. The molecule has 0 radical (unpaired) electrons. The molecular formula is C21H40N4O10. The molecule has 0 saturated carbocycles. The zero-order chi connectivity index (χ0) is 26.0. The number of hydrogen-bond donors (Lipinski definition) is 4. The number of rotatable bonds is 24. The zero-order valence-electron chi connectivity index (χ0n) is 20.7. The van der Waals surface area contributed by atoms with Crippen molar-refractivity contribution >= 4 is 23.6 Å². The van der Waals surface area contributed by atoms with Gasteiger partial charge in [-0.05, 0) is 0 Å². The van der Waals surface area contributed by atoms with E-state index in [4.69, 9.17) is 28.4 Å². The average Bonchev–Trinajstić information content (AvgIpc) is 2.83. The van der Waals surface area contributed by atoms with E-state index in [-0.39, 0.29) is 63.3 Å². The third-order valence-electron chi connectivity index (χ3n) is 3.85. The van der Waals surface area contributed by atoms with Crippen LogP contribution in [-0.4, -0.2) is 130 Å². The van der Waals surface area contributed by atoms with E-state index in [1.165, 1.54) is 14.0 Å². The third kappa shape index (κ3) is 26.1. The Balaban J connectivity index is 3.30. The molecule has 0 fully saturated rings. The van der Waals surface area contributed by atoms with Crippen LogP contribution in [0.1, 0.15) is 6.92 Å². The van der Waals surface area contributed by atoms with Gasteiger partial charge in [0.15, 0.2) is 0 Å². The van der Waals surface area contributed by atoms with Gasteiger partial charge >= 0.3 is 0 Å². The Morgan fingerprint density at radius 3 is 1.20 bits per heavy atom. The van der Waals surface area contributed by atoms with Crippen LogP contribution in [0.5, 0.6) is 0 Å². The molecule has 0 atom stereocenters. The standard InChI is InChI=1S/C21H40N4O10/c1-18(26)23-3-6-30-10-13-34-16-20(28)25-5-8-32-11-14-35-17-21(29)24-4-7-31-9-12-33-15-19(27)22-2/h3-17H2,1-2H3,(H,22,27)(H,23,26)(H,24,29)(H,25,28). The first-order valence-corrected chi connectivity index (χ1v) is 11.4. The number of carbonyl (C=O) groups excluding carboxylic acids is 4. The van der Waals surface area contributed by atoms with Crippen molar-refractivity contribution in [3.63, 3.8) is 0 Å². The molecule has 0 aliphatic heterocycles. The molecule has 0 aliphatic carbocycles. The molecule has 0 bridgehead atoms. The number of carbonyl (C=O) groups is 4. The minimum atomic E-state index is -0.269. The molecule has 14 nitrogen and oxygen atoms in total. The van der Waals surface area contributed by atoms with Crippen LogP contribution in [0.15, 0.2) is 0 Å². The van der Waals surface area contributed by atoms with Crippen LogP contribution in [0.3, 0.4) is 0 Å². The van der Waals surface area contributed by atoms with Crippen LogP contribution in [-0.2, 0) is 47.6 Å². The van der Waals surface area contributed by atoms with Crippen LogP contribution in [0.2, 0.25) is 0 Å². The molecule has 0 aliphatic rings. The Kier molecular flexibility index (Phi) is 23.1. The van der Waals surface area contributed by atoms with Crippen molar-refractivity contribution in [3.8, 4) is 0 Å². The Bertz CT molecular complexity index is 580. The van der Waals surface area contributed by atoms with E-state index in [2.05, 4.69) is 21.3 Å². The van der Waals surface area contributed by atoms with Crippen molar-refractivity contribution in [2.75, 3.05) is 106 Å². The minimum absolute atomic E-state index is 0.0119. The molecular weight excluding hydrogens is 468 g/mol. The predicted molar refractivity (Wildman–Crippen MR) is 124 cm³/mol. The molecule has 35 heavy (non-hydrogen) atoms. The molecule has 0 spiro atoms. The van der Waals surface area contributed by atoms with E-state index >= 15 is 0 Å². The molecule has 0 saturated heterocycles. The van der Waals surface area contributed by atoms with Gasteiger partial charge in [-0.25, -0.2) is 0 Å². The Morgan fingerprint density at radius 1 is 0.486 bits per heavy atom. The van der Waals surface area contributed by atoms with Crippen LogP contribution < -0.4 is 21.3 Å². The first-order chi connectivity index (χ1) is 17.0. The highest BCUT2D eigenvalue weighted by molar-refractivity contribution is 5.77. The van der Waals surface area contributed by atoms with Crippen molar-refractivity contribution in [2.24, 2.45) is 0 Å². The predicted octanol–water partition coefficient (Wildman–Crippen LogP) is -2.80. The lowest BCUT2D eigenvalue weighted by Gasteiger charge is -2.09. The van der Waals surface area contributed by atoms with Crippen molar-refractivity contribution in [2.45, 2.75) is 6.92 Å². The monoisotopic (exact) mass is 508 g/mol. The van der Waals surface area contributed by atoms with Gasteiger partial charge in [0.2, 0.25) is 23.6 Å². The molecule has 204 valence electrons. The van der Waals surface area contributed by atoms with Crippen LogP contribution in [0.4, 0.5) is 0 Å². The lowest BCUT2D eigenvalue weighted by Crippen LogP contribution is -2.32. The van der Waals surface area contributed by atoms with Crippen LogP contribution in [0, 0.1) is 0 Å². The zero-order valence-corrected chi connectivity index (χ0v) is 20.7. The van der Waals surface area contributed by atoms with Gasteiger partial charge in [-0.15, -0.1) is 0 Å². The Hall–Kier alpha value is -2.36. The van der Waals surface area contributed by atoms with E-state index in [0.29, 0.717) is 59.3 Å². The number of hydrogen-bond acceptors (Lipinski definition) is 10. The first-order valence-electron chi connectivity index (χ1n) is 11.4. The molecule has 4 N–H and O–H groups in total. The fraction of sp³-hybridized carbons (Fsp3) is 0.810. The quantitative estimate of drug-likeness (QED) is 0.0998. The van der Waals surface area contributed by atoms with Gasteiger partial charge in [-0.1, -0.05) is 0 Å². The fourth-order valence-electron chi connectivity index (χ4n) is 2.15. The second-order valence-corrected chi connectivity index (χ2v) is 6.85. The molecule has 0 heterocycles. The number of nitrogens with one attached hydrogen (secondary N) is 4. The summed E-state index contributed by atoms with van der Waals surface area (Å²) in [5, 5.41) is 10.3. The molecule has 0 rings (SSSR count). The average molecular weight is 509 g/mol. The normalized spacial score (nSPS) is 10.6. The maximum atomic E-state index is 11.6. The lowest BCUT2D eigenvalue weighted by molar-refractivity contribution is -0.127. The van der Waals surface area contributed by atoms with Crippen molar-refractivity contribution in [1.82, 2.24) is 21.3 Å². The Labute approximate surface area is 206 Å². The first kappa shape index (κ1) is 32.6. The third-order valence-corrected chi connectivity index (χ3v) is 3.85. The van der Waals surface area contributed by atoms with Gasteiger partial charge in [-0.3, -0.25) is 19.2 Å². The van der Waals surface area contributed by atoms with E-state index < -0.39 is 0 Å². The second kappa shape index (κ2) is 24.8. The molecule has 0 aromatic rings. The maximum Gasteiger partial charge on any atom is 0.246 e. The highest BCUT2D eigenvalue weighted by Gasteiger charge is 2.03. The summed E-state index contributed by atoms with van der Waals surface area (Å²) in [5.74, 6) is -0.846. The van der Waals surface area contributed by atoms with Gasteiger partial charge < -0.3 is 49.7 Å². The highest BCUT2D eigenvalue weighted by atomic mass is 16.5. The molecule has 0 aromatic heterocycles. The van der Waals surface area contributed by atoms with E-state index in [1.807, 2.05) is 0 Å². The van der Waals surface area contributed by atoms with Crippen LogP contribution >= 0.6 is 0 Å². The summed E-state index contributed by atoms with van der Waals surface area (Å²) < 4.78 is 31.2. The van der Waals surface area contributed by atoms with Gasteiger partial charge in [0.25, 0.3) is 0 Å². The van der Waals surface area contributed by atoms with E-state index in [0.717, 1.165) is 0 Å². The maximum absolute atomic E-state index is 11.6. The van der Waals surface area contributed by atoms with Crippen molar-refractivity contribution < 1.29 is 47.6 Å². The number of likely N-dealkylation sites (N-methyl/N-ethyl adjacent to an activating group) is 1. The van der Waals surface area contributed by atoms with E-state index in [9.17, 15) is 19.2 Å². The van der Waals surface area contributed by atoms with Gasteiger partial charge in [0, 0.05) is 33.6 Å². The van der Waals surface area contributed by atoms with Crippen molar-refractivity contribution in [1.29, 1.82) is 0 Å². The SMILES string of the molecule is CNC(=O)COCCOCCNC(=O)COCCOCCNC(=O)COCCOCCNC(C)=O. The fourth-order valence-corrected chi connectivity index (χ4v) is 2.15. The lowest BCUT2D eigenvalue weighted by atomic mass is 10.5. The summed E-state index contributed by atoms with van der Waals surface area (Å²) in [6, 6.07) is 0. The summed E-state index contributed by atoms with van der Waals surface area (Å²) in [7, 11) is 1.53. The van der Waals surface area contributed by atoms with Gasteiger partial charge in [-0.2, -0.15) is 0 Å². The van der Waals surface area contributed by atoms with E-state index in [1.54, 1.807) is 0 Å². The molecule has 0 aromatic carbocycles. The minimum Gasteiger partial charge on any atom is -0.377 e. The summed E-state index contributed by atoms with van der Waals surface area (Å²) in [4.78, 5) is 44.8. The summed E-state index contributed by atoms with van der Waals surface area (Å²) in [6.07, 6.45) is 0. The molecule has 4 amide bonds. The number of ether oxygens (including phenoxy) is 6. The Morgan fingerprint density at radius 2 is 0.829 bits per heavy atom. The molecule has 14 heteroatoms. The van der Waals surface area contributed by atoms with Crippen LogP contribution in [0.25, 0.3) is 0 Å². The summed E-state index contributed by atoms with van der Waals surface area (Å²) in [5.41, 5.74) is 0. The summed E-state index contributed by atoms with van der Waals surface area (Å²) >= 11 is 0. The smallest absolute Gasteiger partial charge is 0.246 e. The summed E-state index contributed by atoms with van der Waals surface area (Å²) in [6.45, 7) is 5.11. The van der Waals surface area contributed by atoms with Gasteiger partial charge in [0.05, 0.1) is 59.5 Å². The topological polar surface area (TPSA) is 172 Å². The van der Waals surface area contributed by atoms with Gasteiger partial charge in [0.1, 0.15) is 19.8 Å².